The molecule has 0 aliphatic heterocycles. The summed E-state index contributed by atoms with van der Waals surface area (Å²) in [4.78, 5) is 24.3. The van der Waals surface area contributed by atoms with Gasteiger partial charge in [0.1, 0.15) is 17.3 Å². The lowest BCUT2D eigenvalue weighted by Gasteiger charge is -2.09. The number of imidazole rings is 1. The Hall–Kier alpha value is -3.91. The van der Waals surface area contributed by atoms with Crippen molar-refractivity contribution in [2.24, 2.45) is 0 Å². The van der Waals surface area contributed by atoms with Crippen LogP contribution in [0.15, 0.2) is 61.2 Å². The Bertz CT molecular complexity index is 1570. The summed E-state index contributed by atoms with van der Waals surface area (Å²) in [6.45, 7) is 0.528. The Morgan fingerprint density at radius 2 is 2.09 bits per heavy atom. The molecule has 5 aromatic rings. The van der Waals surface area contributed by atoms with Gasteiger partial charge in [-0.2, -0.15) is 0 Å². The Morgan fingerprint density at radius 3 is 2.94 bits per heavy atom. The molecule has 1 aromatic carbocycles. The van der Waals surface area contributed by atoms with Crippen molar-refractivity contribution >= 4 is 45.6 Å². The standard InChI is InChI=1S/C26H22ClFN6O/c27-21-12-31-23-10-22(28)17(7-20(21)23)8-26(35)33-24-9-18(5-6-29-24)30-11-19-14-34-13-16(15-1-2-15)3-4-25(34)32-19/h3-7,9-10,12-15,31H,1-2,8,11H2,(H2,29,30,33,35). The maximum atomic E-state index is 14.4. The van der Waals surface area contributed by atoms with Crippen molar-refractivity contribution in [1.82, 2.24) is 19.4 Å². The van der Waals surface area contributed by atoms with Crippen molar-refractivity contribution in [3.8, 4) is 0 Å². The zero-order valence-corrected chi connectivity index (χ0v) is 19.4. The van der Waals surface area contributed by atoms with E-state index in [0.717, 1.165) is 17.0 Å². The van der Waals surface area contributed by atoms with Crippen LogP contribution in [0, 0.1) is 5.82 Å². The number of halogens is 2. The highest BCUT2D eigenvalue weighted by Crippen LogP contribution is 2.39. The van der Waals surface area contributed by atoms with Gasteiger partial charge in [0.2, 0.25) is 5.91 Å². The minimum atomic E-state index is -0.466. The fourth-order valence-electron chi connectivity index (χ4n) is 4.26. The Kier molecular flexibility index (Phi) is 5.37. The molecule has 0 saturated heterocycles. The molecular formula is C26H22ClFN6O. The number of carbonyl (C=O) groups excluding carboxylic acids is 1. The summed E-state index contributed by atoms with van der Waals surface area (Å²) in [7, 11) is 0. The fraction of sp³-hybridized carbons (Fsp3) is 0.192. The molecule has 0 spiro atoms. The highest BCUT2D eigenvalue weighted by Gasteiger charge is 2.23. The van der Waals surface area contributed by atoms with E-state index in [1.807, 2.05) is 12.3 Å². The van der Waals surface area contributed by atoms with Gasteiger partial charge in [0.05, 0.1) is 23.7 Å². The molecule has 0 radical (unpaired) electrons. The third-order valence-corrected chi connectivity index (χ3v) is 6.54. The van der Waals surface area contributed by atoms with Crippen molar-refractivity contribution in [3.63, 3.8) is 0 Å². The van der Waals surface area contributed by atoms with Gasteiger partial charge in [0.15, 0.2) is 0 Å². The molecule has 7 nitrogen and oxygen atoms in total. The number of rotatable bonds is 7. The number of amides is 1. The molecule has 1 aliphatic rings. The molecule has 3 N–H and O–H groups in total. The summed E-state index contributed by atoms with van der Waals surface area (Å²) in [6.07, 6.45) is 9.79. The second-order valence-corrected chi connectivity index (χ2v) is 9.28. The molecule has 0 atom stereocenters. The van der Waals surface area contributed by atoms with Gasteiger partial charge in [-0.1, -0.05) is 17.7 Å². The van der Waals surface area contributed by atoms with Crippen LogP contribution in [-0.2, 0) is 17.8 Å². The van der Waals surface area contributed by atoms with E-state index in [2.05, 4.69) is 48.3 Å². The first-order valence-corrected chi connectivity index (χ1v) is 11.8. The number of fused-ring (bicyclic) bond motifs is 2. The number of nitrogens with zero attached hydrogens (tertiary/aromatic N) is 3. The Morgan fingerprint density at radius 1 is 1.20 bits per heavy atom. The lowest BCUT2D eigenvalue weighted by Crippen LogP contribution is -2.16. The third-order valence-electron chi connectivity index (χ3n) is 6.22. The van der Waals surface area contributed by atoms with Crippen LogP contribution in [0.1, 0.15) is 35.6 Å². The molecule has 0 unspecified atom stereocenters. The first kappa shape index (κ1) is 21.6. The van der Waals surface area contributed by atoms with Crippen LogP contribution < -0.4 is 10.6 Å². The molecule has 176 valence electrons. The van der Waals surface area contributed by atoms with Crippen molar-refractivity contribution in [1.29, 1.82) is 0 Å². The largest absolute Gasteiger partial charge is 0.379 e. The molecule has 1 fully saturated rings. The highest BCUT2D eigenvalue weighted by atomic mass is 35.5. The summed E-state index contributed by atoms with van der Waals surface area (Å²) < 4.78 is 16.5. The van der Waals surface area contributed by atoms with Crippen LogP contribution in [0.5, 0.6) is 0 Å². The van der Waals surface area contributed by atoms with Crippen LogP contribution in [0.4, 0.5) is 15.9 Å². The van der Waals surface area contributed by atoms with E-state index in [-0.39, 0.29) is 17.9 Å². The van der Waals surface area contributed by atoms with E-state index in [1.54, 1.807) is 24.5 Å². The fourth-order valence-corrected chi connectivity index (χ4v) is 4.47. The minimum absolute atomic E-state index is 0.132. The van der Waals surface area contributed by atoms with E-state index in [9.17, 15) is 9.18 Å². The van der Waals surface area contributed by atoms with Gasteiger partial charge in [-0.3, -0.25) is 4.79 Å². The maximum absolute atomic E-state index is 14.4. The van der Waals surface area contributed by atoms with Gasteiger partial charge in [0, 0.05) is 47.4 Å². The SMILES string of the molecule is O=C(Cc1cc2c(Cl)c[nH]c2cc1F)Nc1cc(NCc2cn3cc(C4CC4)ccc3n2)ccn1. The molecular weight excluding hydrogens is 467 g/mol. The first-order valence-electron chi connectivity index (χ1n) is 11.4. The zero-order valence-electron chi connectivity index (χ0n) is 18.7. The summed E-state index contributed by atoms with van der Waals surface area (Å²) in [5, 5.41) is 7.22. The van der Waals surface area contributed by atoms with Crippen LogP contribution in [0.3, 0.4) is 0 Å². The molecule has 6 rings (SSSR count). The van der Waals surface area contributed by atoms with Crippen molar-refractivity contribution < 1.29 is 9.18 Å². The molecule has 0 bridgehead atoms. The molecule has 1 amide bonds. The van der Waals surface area contributed by atoms with Crippen molar-refractivity contribution in [2.75, 3.05) is 10.6 Å². The predicted octanol–water partition coefficient (Wildman–Crippen LogP) is 5.67. The number of anilines is 2. The molecule has 9 heteroatoms. The van der Waals surface area contributed by atoms with Crippen LogP contribution in [0.25, 0.3) is 16.6 Å². The van der Waals surface area contributed by atoms with E-state index in [1.165, 1.54) is 24.5 Å². The molecule has 1 saturated carbocycles. The lowest BCUT2D eigenvalue weighted by molar-refractivity contribution is -0.115. The quantitative estimate of drug-likeness (QED) is 0.275. The average molecular weight is 489 g/mol. The van der Waals surface area contributed by atoms with E-state index in [0.29, 0.717) is 34.2 Å². The minimum Gasteiger partial charge on any atom is -0.379 e. The summed E-state index contributed by atoms with van der Waals surface area (Å²) >= 11 is 6.12. The Labute approximate surface area is 205 Å². The smallest absolute Gasteiger partial charge is 0.230 e. The lowest BCUT2D eigenvalue weighted by atomic mass is 10.1. The first-order chi connectivity index (χ1) is 17.0. The second kappa shape index (κ2) is 8.70. The van der Waals surface area contributed by atoms with Gasteiger partial charge in [0.25, 0.3) is 0 Å². The van der Waals surface area contributed by atoms with Gasteiger partial charge >= 0.3 is 0 Å². The van der Waals surface area contributed by atoms with Gasteiger partial charge in [-0.15, -0.1) is 0 Å². The highest BCUT2D eigenvalue weighted by molar-refractivity contribution is 6.35. The molecule has 4 aromatic heterocycles. The van der Waals surface area contributed by atoms with Gasteiger partial charge in [-0.05, 0) is 54.2 Å². The molecule has 4 heterocycles. The number of nitrogens with one attached hydrogen (secondary N) is 3. The second-order valence-electron chi connectivity index (χ2n) is 8.87. The number of hydrogen-bond donors (Lipinski definition) is 3. The average Bonchev–Trinajstić information content (AvgIpc) is 3.53. The summed E-state index contributed by atoms with van der Waals surface area (Å²) in [5.74, 6) is 0.238. The monoisotopic (exact) mass is 488 g/mol. The summed E-state index contributed by atoms with van der Waals surface area (Å²) in [5.41, 5.74) is 4.83. The van der Waals surface area contributed by atoms with Crippen LogP contribution in [-0.4, -0.2) is 25.3 Å². The third kappa shape index (κ3) is 4.57. The number of H-pyrrole nitrogens is 1. The van der Waals surface area contributed by atoms with Crippen LogP contribution >= 0.6 is 11.6 Å². The number of benzene rings is 1. The van der Waals surface area contributed by atoms with Gasteiger partial charge in [-0.25, -0.2) is 14.4 Å². The van der Waals surface area contributed by atoms with E-state index < -0.39 is 5.82 Å². The number of hydrogen-bond acceptors (Lipinski definition) is 4. The molecule has 35 heavy (non-hydrogen) atoms. The van der Waals surface area contributed by atoms with E-state index >= 15 is 0 Å². The van der Waals surface area contributed by atoms with Crippen LogP contribution in [0.2, 0.25) is 5.02 Å². The number of aromatic amines is 1. The number of pyridine rings is 2. The topological polar surface area (TPSA) is 87.1 Å². The maximum Gasteiger partial charge on any atom is 0.230 e. The van der Waals surface area contributed by atoms with E-state index in [4.69, 9.17) is 11.6 Å². The zero-order chi connectivity index (χ0) is 23.9. The summed E-state index contributed by atoms with van der Waals surface area (Å²) in [6, 6.07) is 10.7. The Balaban J connectivity index is 1.10. The van der Waals surface area contributed by atoms with Gasteiger partial charge < -0.3 is 20.0 Å². The predicted molar refractivity (Wildman–Crippen MR) is 134 cm³/mol. The normalized spacial score (nSPS) is 13.4. The molecule has 1 aliphatic carbocycles. The van der Waals surface area contributed by atoms with Crippen molar-refractivity contribution in [3.05, 3.63) is 88.8 Å². The number of aromatic nitrogens is 4. The number of carbonyl (C=O) groups is 1. The van der Waals surface area contributed by atoms with Crippen molar-refractivity contribution in [2.45, 2.75) is 31.7 Å².